The van der Waals surface area contributed by atoms with Crippen LogP contribution in [-0.2, 0) is 5.88 Å². The lowest BCUT2D eigenvalue weighted by atomic mass is 10.2. The van der Waals surface area contributed by atoms with Crippen LogP contribution in [0.25, 0.3) is 5.69 Å². The molecule has 0 aliphatic heterocycles. The largest absolute Gasteiger partial charge is 0.240 e. The van der Waals surface area contributed by atoms with Crippen LogP contribution in [-0.4, -0.2) is 9.78 Å². The molecular formula is C12H13ClN2. The van der Waals surface area contributed by atoms with Crippen LogP contribution in [0.15, 0.2) is 30.5 Å². The van der Waals surface area contributed by atoms with Crippen LogP contribution in [0.1, 0.15) is 16.8 Å². The SMILES string of the molecule is Cc1ccccc1-n1cc(C)c(CCl)n1. The van der Waals surface area contributed by atoms with Gasteiger partial charge in [-0.05, 0) is 31.0 Å². The first-order chi connectivity index (χ1) is 7.22. The average molecular weight is 221 g/mol. The molecule has 0 aliphatic carbocycles. The Bertz CT molecular complexity index is 474. The van der Waals surface area contributed by atoms with Gasteiger partial charge in [-0.2, -0.15) is 5.10 Å². The molecule has 3 heteroatoms. The molecule has 1 aromatic carbocycles. The molecule has 0 N–H and O–H groups in total. The van der Waals surface area contributed by atoms with E-state index >= 15 is 0 Å². The summed E-state index contributed by atoms with van der Waals surface area (Å²) in [6.45, 7) is 4.10. The fraction of sp³-hybridized carbons (Fsp3) is 0.250. The molecule has 0 fully saturated rings. The van der Waals surface area contributed by atoms with Crippen LogP contribution < -0.4 is 0 Å². The van der Waals surface area contributed by atoms with Crippen LogP contribution in [0, 0.1) is 13.8 Å². The summed E-state index contributed by atoms with van der Waals surface area (Å²) in [6.07, 6.45) is 2.01. The van der Waals surface area contributed by atoms with Crippen molar-refractivity contribution in [2.45, 2.75) is 19.7 Å². The zero-order valence-corrected chi connectivity index (χ0v) is 9.62. The Hall–Kier alpha value is -1.28. The third-order valence-electron chi connectivity index (χ3n) is 2.49. The van der Waals surface area contributed by atoms with E-state index in [1.165, 1.54) is 5.56 Å². The average Bonchev–Trinajstić information content (AvgIpc) is 2.60. The van der Waals surface area contributed by atoms with Gasteiger partial charge in [0.2, 0.25) is 0 Å². The Balaban J connectivity index is 2.50. The number of alkyl halides is 1. The summed E-state index contributed by atoms with van der Waals surface area (Å²) in [4.78, 5) is 0. The van der Waals surface area contributed by atoms with Gasteiger partial charge < -0.3 is 0 Å². The van der Waals surface area contributed by atoms with E-state index in [0.29, 0.717) is 5.88 Å². The molecular weight excluding hydrogens is 208 g/mol. The molecule has 2 nitrogen and oxygen atoms in total. The number of rotatable bonds is 2. The first-order valence-corrected chi connectivity index (χ1v) is 5.43. The maximum absolute atomic E-state index is 5.80. The van der Waals surface area contributed by atoms with E-state index in [1.807, 2.05) is 29.9 Å². The van der Waals surface area contributed by atoms with Gasteiger partial charge in [-0.1, -0.05) is 18.2 Å². The zero-order valence-electron chi connectivity index (χ0n) is 8.87. The first kappa shape index (κ1) is 10.2. The highest BCUT2D eigenvalue weighted by Gasteiger charge is 2.06. The predicted octanol–water partition coefficient (Wildman–Crippen LogP) is 3.23. The number of hydrogen-bond acceptors (Lipinski definition) is 1. The summed E-state index contributed by atoms with van der Waals surface area (Å²) in [5.74, 6) is 0.463. The van der Waals surface area contributed by atoms with E-state index in [1.54, 1.807) is 0 Å². The molecule has 0 unspecified atom stereocenters. The van der Waals surface area contributed by atoms with Crippen molar-refractivity contribution >= 4 is 11.6 Å². The van der Waals surface area contributed by atoms with Gasteiger partial charge in [0.05, 0.1) is 17.3 Å². The monoisotopic (exact) mass is 220 g/mol. The van der Waals surface area contributed by atoms with E-state index in [9.17, 15) is 0 Å². The van der Waals surface area contributed by atoms with Crippen molar-refractivity contribution in [2.24, 2.45) is 0 Å². The van der Waals surface area contributed by atoms with Gasteiger partial charge in [-0.3, -0.25) is 0 Å². The van der Waals surface area contributed by atoms with Gasteiger partial charge in [0.25, 0.3) is 0 Å². The van der Waals surface area contributed by atoms with Crippen molar-refractivity contribution in [1.82, 2.24) is 9.78 Å². The Labute approximate surface area is 94.5 Å². The molecule has 15 heavy (non-hydrogen) atoms. The Kier molecular flexibility index (Phi) is 2.78. The molecule has 0 amide bonds. The molecule has 1 aromatic heterocycles. The van der Waals surface area contributed by atoms with Gasteiger partial charge in [0.1, 0.15) is 0 Å². The highest BCUT2D eigenvalue weighted by Crippen LogP contribution is 2.16. The lowest BCUT2D eigenvalue weighted by molar-refractivity contribution is 0.852. The van der Waals surface area contributed by atoms with Crippen molar-refractivity contribution in [3.05, 3.63) is 47.3 Å². The quantitative estimate of drug-likeness (QED) is 0.711. The number of benzene rings is 1. The van der Waals surface area contributed by atoms with E-state index in [2.05, 4.69) is 24.2 Å². The fourth-order valence-corrected chi connectivity index (χ4v) is 1.84. The molecule has 0 radical (unpaired) electrons. The Morgan fingerprint density at radius 3 is 2.53 bits per heavy atom. The van der Waals surface area contributed by atoms with Crippen molar-refractivity contribution in [3.63, 3.8) is 0 Å². The second-order valence-electron chi connectivity index (χ2n) is 3.62. The summed E-state index contributed by atoms with van der Waals surface area (Å²) in [5, 5.41) is 4.44. The predicted molar refractivity (Wildman–Crippen MR) is 62.6 cm³/mol. The number of para-hydroxylation sites is 1. The summed E-state index contributed by atoms with van der Waals surface area (Å²) in [7, 11) is 0. The van der Waals surface area contributed by atoms with Crippen LogP contribution in [0.4, 0.5) is 0 Å². The molecule has 0 atom stereocenters. The van der Waals surface area contributed by atoms with Gasteiger partial charge >= 0.3 is 0 Å². The van der Waals surface area contributed by atoms with Gasteiger partial charge in [0.15, 0.2) is 0 Å². The molecule has 2 rings (SSSR count). The first-order valence-electron chi connectivity index (χ1n) is 4.89. The molecule has 0 bridgehead atoms. The van der Waals surface area contributed by atoms with Gasteiger partial charge in [-0.25, -0.2) is 4.68 Å². The summed E-state index contributed by atoms with van der Waals surface area (Å²) < 4.78 is 1.89. The highest BCUT2D eigenvalue weighted by molar-refractivity contribution is 6.16. The summed E-state index contributed by atoms with van der Waals surface area (Å²) in [6, 6.07) is 8.17. The maximum Gasteiger partial charge on any atom is 0.0805 e. The van der Waals surface area contributed by atoms with Crippen LogP contribution >= 0.6 is 11.6 Å². The lowest BCUT2D eigenvalue weighted by Gasteiger charge is -2.04. The molecule has 1 heterocycles. The van der Waals surface area contributed by atoms with Crippen LogP contribution in [0.5, 0.6) is 0 Å². The minimum absolute atomic E-state index is 0.463. The standard InChI is InChI=1S/C12H13ClN2/c1-9-5-3-4-6-12(9)15-8-10(2)11(7-13)14-15/h3-6,8H,7H2,1-2H3. The zero-order chi connectivity index (χ0) is 10.8. The third-order valence-corrected chi connectivity index (χ3v) is 2.74. The van der Waals surface area contributed by atoms with Crippen LogP contribution in [0.3, 0.4) is 0 Å². The smallest absolute Gasteiger partial charge is 0.0805 e. The molecule has 0 saturated heterocycles. The normalized spacial score (nSPS) is 10.6. The van der Waals surface area contributed by atoms with E-state index in [0.717, 1.165) is 16.9 Å². The Morgan fingerprint density at radius 1 is 1.20 bits per heavy atom. The van der Waals surface area contributed by atoms with Crippen molar-refractivity contribution < 1.29 is 0 Å². The molecule has 0 spiro atoms. The van der Waals surface area contributed by atoms with Crippen molar-refractivity contribution in [3.8, 4) is 5.69 Å². The molecule has 78 valence electrons. The number of aromatic nitrogens is 2. The maximum atomic E-state index is 5.80. The van der Waals surface area contributed by atoms with Crippen molar-refractivity contribution in [2.75, 3.05) is 0 Å². The third kappa shape index (κ3) is 1.90. The topological polar surface area (TPSA) is 17.8 Å². The second-order valence-corrected chi connectivity index (χ2v) is 3.89. The van der Waals surface area contributed by atoms with E-state index in [4.69, 9.17) is 11.6 Å². The summed E-state index contributed by atoms with van der Waals surface area (Å²) >= 11 is 5.80. The second kappa shape index (κ2) is 4.07. The number of nitrogens with zero attached hydrogens (tertiary/aromatic N) is 2. The molecule has 2 aromatic rings. The van der Waals surface area contributed by atoms with E-state index in [-0.39, 0.29) is 0 Å². The highest BCUT2D eigenvalue weighted by atomic mass is 35.5. The van der Waals surface area contributed by atoms with Crippen LogP contribution in [0.2, 0.25) is 0 Å². The van der Waals surface area contributed by atoms with E-state index < -0.39 is 0 Å². The van der Waals surface area contributed by atoms with Gasteiger partial charge in [-0.15, -0.1) is 11.6 Å². The summed E-state index contributed by atoms with van der Waals surface area (Å²) in [5.41, 5.74) is 4.39. The number of aryl methyl sites for hydroxylation is 2. The minimum atomic E-state index is 0.463. The van der Waals surface area contributed by atoms with Crippen molar-refractivity contribution in [1.29, 1.82) is 0 Å². The Morgan fingerprint density at radius 2 is 1.93 bits per heavy atom. The number of hydrogen-bond donors (Lipinski definition) is 0. The minimum Gasteiger partial charge on any atom is -0.240 e. The number of halogens is 1. The molecule has 0 saturated carbocycles. The van der Waals surface area contributed by atoms with Gasteiger partial charge in [0, 0.05) is 6.20 Å². The lowest BCUT2D eigenvalue weighted by Crippen LogP contribution is -1.97. The molecule has 0 aliphatic rings. The fourth-order valence-electron chi connectivity index (χ4n) is 1.57.